The molecule has 2 rings (SSSR count). The number of carbonyl (C=O) groups excluding carboxylic acids is 2. The third-order valence-electron chi connectivity index (χ3n) is 3.56. The summed E-state index contributed by atoms with van der Waals surface area (Å²) in [4.78, 5) is 27.3. The van der Waals surface area contributed by atoms with Gasteiger partial charge in [-0.3, -0.25) is 19.4 Å². The zero-order chi connectivity index (χ0) is 18.9. The number of halogens is 1. The number of ether oxygens (including phenoxy) is 2. The molecular formula is C17H19BrN2O4S. The number of thiocarbonyl (C=S) groups is 1. The standard InChI is InChI=1S/C17H19BrN2O4S/c1-9(2)24-14-12(18)7-10(8-13(14)23-5)6-11-15(21)19(3)17(25)20(4)16(11)22/h6-9H,1-5H3. The third kappa shape index (κ3) is 3.85. The number of rotatable bonds is 4. The van der Waals surface area contributed by atoms with Crippen molar-refractivity contribution in [2.24, 2.45) is 0 Å². The number of hydrogen-bond donors (Lipinski definition) is 0. The lowest BCUT2D eigenvalue weighted by atomic mass is 10.1. The number of carbonyl (C=O) groups is 2. The molecule has 1 saturated heterocycles. The number of likely N-dealkylation sites (N-methyl/N-ethyl adjacent to an activating group) is 2. The van der Waals surface area contributed by atoms with Crippen LogP contribution >= 0.6 is 28.1 Å². The van der Waals surface area contributed by atoms with Gasteiger partial charge in [0.15, 0.2) is 16.6 Å². The monoisotopic (exact) mass is 426 g/mol. The maximum absolute atomic E-state index is 12.4. The molecule has 0 atom stereocenters. The molecule has 25 heavy (non-hydrogen) atoms. The predicted molar refractivity (Wildman–Crippen MR) is 103 cm³/mol. The molecule has 0 spiro atoms. The molecule has 1 aliphatic rings. The first-order valence-electron chi connectivity index (χ1n) is 7.53. The predicted octanol–water partition coefficient (Wildman–Crippen LogP) is 2.84. The van der Waals surface area contributed by atoms with Crippen LogP contribution in [0.5, 0.6) is 11.5 Å². The molecule has 2 amide bonds. The van der Waals surface area contributed by atoms with E-state index >= 15 is 0 Å². The van der Waals surface area contributed by atoms with E-state index in [2.05, 4.69) is 15.9 Å². The fourth-order valence-electron chi connectivity index (χ4n) is 2.31. The summed E-state index contributed by atoms with van der Waals surface area (Å²) >= 11 is 8.53. The molecule has 0 aliphatic carbocycles. The Bertz CT molecular complexity index is 750. The zero-order valence-corrected chi connectivity index (χ0v) is 17.0. The highest BCUT2D eigenvalue weighted by atomic mass is 79.9. The lowest BCUT2D eigenvalue weighted by molar-refractivity contribution is -0.132. The highest BCUT2D eigenvalue weighted by molar-refractivity contribution is 9.10. The van der Waals surface area contributed by atoms with E-state index in [1.54, 1.807) is 12.1 Å². The first kappa shape index (κ1) is 19.4. The molecule has 0 bridgehead atoms. The summed E-state index contributed by atoms with van der Waals surface area (Å²) in [5.74, 6) is 0.190. The second-order valence-electron chi connectivity index (χ2n) is 5.77. The third-order valence-corrected chi connectivity index (χ3v) is 4.70. The summed E-state index contributed by atoms with van der Waals surface area (Å²) < 4.78 is 11.8. The molecule has 134 valence electrons. The maximum atomic E-state index is 12.4. The topological polar surface area (TPSA) is 59.1 Å². The molecule has 1 aliphatic heterocycles. The fourth-order valence-corrected chi connectivity index (χ4v) is 3.03. The second-order valence-corrected chi connectivity index (χ2v) is 6.99. The van der Waals surface area contributed by atoms with Crippen LogP contribution in [0.25, 0.3) is 6.08 Å². The molecule has 8 heteroatoms. The molecule has 1 aromatic carbocycles. The van der Waals surface area contributed by atoms with E-state index in [0.717, 1.165) is 0 Å². The van der Waals surface area contributed by atoms with Gasteiger partial charge in [-0.25, -0.2) is 0 Å². The number of nitrogens with zero attached hydrogens (tertiary/aromatic N) is 2. The van der Waals surface area contributed by atoms with Crippen molar-refractivity contribution in [2.75, 3.05) is 21.2 Å². The fraction of sp³-hybridized carbons (Fsp3) is 0.353. The van der Waals surface area contributed by atoms with Gasteiger partial charge in [0, 0.05) is 14.1 Å². The van der Waals surface area contributed by atoms with Gasteiger partial charge in [0.05, 0.1) is 17.7 Å². The van der Waals surface area contributed by atoms with Gasteiger partial charge in [0.2, 0.25) is 0 Å². The van der Waals surface area contributed by atoms with Gasteiger partial charge in [-0.1, -0.05) is 0 Å². The van der Waals surface area contributed by atoms with E-state index in [1.165, 1.54) is 37.1 Å². The smallest absolute Gasteiger partial charge is 0.265 e. The molecule has 1 fully saturated rings. The van der Waals surface area contributed by atoms with E-state index in [4.69, 9.17) is 21.7 Å². The minimum absolute atomic E-state index is 0.0285. The number of hydrogen-bond acceptors (Lipinski definition) is 5. The SMILES string of the molecule is COc1cc(C=C2C(=O)N(C)C(=S)N(C)C2=O)cc(Br)c1OC(C)C. The van der Waals surface area contributed by atoms with Crippen LogP contribution in [0, 0.1) is 0 Å². The van der Waals surface area contributed by atoms with Crippen molar-refractivity contribution >= 4 is 51.2 Å². The van der Waals surface area contributed by atoms with Crippen molar-refractivity contribution in [1.29, 1.82) is 0 Å². The molecular weight excluding hydrogens is 408 g/mol. The summed E-state index contributed by atoms with van der Waals surface area (Å²) in [6.45, 7) is 3.82. The van der Waals surface area contributed by atoms with E-state index in [1.807, 2.05) is 13.8 Å². The average molecular weight is 427 g/mol. The summed E-state index contributed by atoms with van der Waals surface area (Å²) in [7, 11) is 4.61. The van der Waals surface area contributed by atoms with E-state index in [-0.39, 0.29) is 16.8 Å². The normalized spacial score (nSPS) is 15.2. The van der Waals surface area contributed by atoms with E-state index in [0.29, 0.717) is 21.5 Å². The van der Waals surface area contributed by atoms with Crippen LogP contribution in [0.15, 0.2) is 22.2 Å². The van der Waals surface area contributed by atoms with Crippen molar-refractivity contribution in [3.05, 3.63) is 27.7 Å². The largest absolute Gasteiger partial charge is 0.493 e. The lowest BCUT2D eigenvalue weighted by Gasteiger charge is -2.31. The van der Waals surface area contributed by atoms with Crippen LogP contribution in [-0.4, -0.2) is 54.0 Å². The van der Waals surface area contributed by atoms with Crippen LogP contribution in [-0.2, 0) is 9.59 Å². The summed E-state index contributed by atoms with van der Waals surface area (Å²) in [6.07, 6.45) is 1.49. The molecule has 0 aromatic heterocycles. The van der Waals surface area contributed by atoms with Gasteiger partial charge in [0.1, 0.15) is 5.57 Å². The second kappa shape index (κ2) is 7.53. The Morgan fingerprint density at radius 1 is 1.16 bits per heavy atom. The van der Waals surface area contributed by atoms with Gasteiger partial charge >= 0.3 is 0 Å². The Balaban J connectivity index is 2.50. The van der Waals surface area contributed by atoms with Crippen molar-refractivity contribution in [1.82, 2.24) is 9.80 Å². The highest BCUT2D eigenvalue weighted by Gasteiger charge is 2.35. The number of benzene rings is 1. The van der Waals surface area contributed by atoms with Crippen LogP contribution in [0.1, 0.15) is 19.4 Å². The van der Waals surface area contributed by atoms with Gasteiger partial charge in [-0.2, -0.15) is 0 Å². The van der Waals surface area contributed by atoms with Crippen LogP contribution in [0.3, 0.4) is 0 Å². The molecule has 0 saturated carbocycles. The van der Waals surface area contributed by atoms with Gasteiger partial charge < -0.3 is 9.47 Å². The zero-order valence-electron chi connectivity index (χ0n) is 14.6. The minimum atomic E-state index is -0.439. The summed E-state index contributed by atoms with van der Waals surface area (Å²) in [6, 6.07) is 3.48. The van der Waals surface area contributed by atoms with Crippen molar-refractivity contribution in [3.63, 3.8) is 0 Å². The Morgan fingerprint density at radius 3 is 2.20 bits per heavy atom. The molecule has 0 unspecified atom stereocenters. The Labute approximate surface area is 160 Å². The molecule has 1 heterocycles. The van der Waals surface area contributed by atoms with Crippen molar-refractivity contribution in [3.8, 4) is 11.5 Å². The van der Waals surface area contributed by atoms with E-state index in [9.17, 15) is 9.59 Å². The quantitative estimate of drug-likeness (QED) is 0.420. The number of amides is 2. The Hall–Kier alpha value is -1.93. The van der Waals surface area contributed by atoms with E-state index < -0.39 is 11.8 Å². The van der Waals surface area contributed by atoms with Crippen molar-refractivity contribution in [2.45, 2.75) is 20.0 Å². The van der Waals surface area contributed by atoms with Gasteiger partial charge in [-0.15, -0.1) is 0 Å². The Morgan fingerprint density at radius 2 is 1.72 bits per heavy atom. The van der Waals surface area contributed by atoms with Gasteiger partial charge in [0.25, 0.3) is 11.8 Å². The Kier molecular flexibility index (Phi) is 5.84. The van der Waals surface area contributed by atoms with Crippen molar-refractivity contribution < 1.29 is 19.1 Å². The maximum Gasteiger partial charge on any atom is 0.265 e. The summed E-state index contributed by atoms with van der Waals surface area (Å²) in [5, 5.41) is 0.173. The highest BCUT2D eigenvalue weighted by Crippen LogP contribution is 2.38. The summed E-state index contributed by atoms with van der Waals surface area (Å²) in [5.41, 5.74) is 0.663. The molecule has 0 radical (unpaired) electrons. The molecule has 0 N–H and O–H groups in total. The van der Waals surface area contributed by atoms with Crippen LogP contribution in [0.2, 0.25) is 0 Å². The molecule has 1 aromatic rings. The lowest BCUT2D eigenvalue weighted by Crippen LogP contribution is -2.52. The first-order chi connectivity index (χ1) is 11.7. The van der Waals surface area contributed by atoms with Crippen LogP contribution < -0.4 is 9.47 Å². The first-order valence-corrected chi connectivity index (χ1v) is 8.73. The number of methoxy groups -OCH3 is 1. The van der Waals surface area contributed by atoms with Crippen LogP contribution in [0.4, 0.5) is 0 Å². The minimum Gasteiger partial charge on any atom is -0.493 e. The average Bonchev–Trinajstić information content (AvgIpc) is 2.56. The van der Waals surface area contributed by atoms with Gasteiger partial charge in [-0.05, 0) is 65.8 Å². The molecule has 6 nitrogen and oxygen atoms in total.